The van der Waals surface area contributed by atoms with Gasteiger partial charge in [0.1, 0.15) is 0 Å². The number of hydrogen-bond donors (Lipinski definition) is 0. The second kappa shape index (κ2) is 18.6. The van der Waals surface area contributed by atoms with Gasteiger partial charge in [0.2, 0.25) is 0 Å². The van der Waals surface area contributed by atoms with Gasteiger partial charge < -0.3 is 28.4 Å². The van der Waals surface area contributed by atoms with Gasteiger partial charge in [-0.25, -0.2) is 0 Å². The molecule has 0 aromatic heterocycles. The molecule has 0 saturated carbocycles. The van der Waals surface area contributed by atoms with Gasteiger partial charge >= 0.3 is 0 Å². The van der Waals surface area contributed by atoms with Gasteiger partial charge in [0.05, 0.1) is 129 Å². The van der Waals surface area contributed by atoms with Crippen molar-refractivity contribution in [2.24, 2.45) is 0 Å². The average Bonchev–Trinajstić information content (AvgIpc) is 2.97. The minimum atomic E-state index is -1.41. The highest BCUT2D eigenvalue weighted by molar-refractivity contribution is 7.75. The topological polar surface area (TPSA) is 55.4 Å². The average molecular weight is 593 g/mol. The Hall–Kier alpha value is -0.940. The minimum absolute atomic E-state index is 0.648. The van der Waals surface area contributed by atoms with Crippen LogP contribution in [0.2, 0.25) is 0 Å². The molecule has 2 bridgehead atoms. The number of ether oxygens (including phenoxy) is 6. The van der Waals surface area contributed by atoms with Crippen molar-refractivity contribution >= 4 is 14.5 Å². The molecule has 0 unspecified atom stereocenters. The molecule has 5 rings (SSSR count). The van der Waals surface area contributed by atoms with Gasteiger partial charge in [0.25, 0.3) is 0 Å². The van der Waals surface area contributed by atoms with Crippen LogP contribution in [0.3, 0.4) is 0 Å². The predicted molar refractivity (Wildman–Crippen MR) is 168 cm³/mol. The van der Waals surface area contributed by atoms with E-state index < -0.39 is 14.5 Å². The Morgan fingerprint density at radius 1 is 0.350 bits per heavy atom. The molecule has 0 spiro atoms. The minimum Gasteiger partial charge on any atom is -0.375 e. The Kier molecular flexibility index (Phi) is 14.8. The summed E-state index contributed by atoms with van der Waals surface area (Å²) in [7, 11) is -2.81. The summed E-state index contributed by atoms with van der Waals surface area (Å²) in [6.07, 6.45) is 8.66. The maximum absolute atomic E-state index is 6.17. The van der Waals surface area contributed by atoms with E-state index in [0.717, 1.165) is 88.9 Å². The zero-order chi connectivity index (χ0) is 27.6. The lowest BCUT2D eigenvalue weighted by Crippen LogP contribution is -2.24. The number of benzene rings is 2. The SMILES string of the molecule is c1ccc(C[P+]23CCOCCOCC[P+](Cc4ccccc4)(CCOCCOCC2)CCOCCOCC3)cc1. The normalized spacial score (nSPS) is 27.5. The fraction of sp³-hybridized carbons (Fsp3) is 0.625. The van der Waals surface area contributed by atoms with E-state index in [-0.39, 0.29) is 0 Å². The summed E-state index contributed by atoms with van der Waals surface area (Å²) in [6.45, 7) is 8.48. The third kappa shape index (κ3) is 11.7. The largest absolute Gasteiger partial charge is 0.375 e. The summed E-state index contributed by atoms with van der Waals surface area (Å²) in [5.74, 6) is 0. The summed E-state index contributed by atoms with van der Waals surface area (Å²) in [5.41, 5.74) is 2.80. The van der Waals surface area contributed by atoms with Crippen molar-refractivity contribution in [3.8, 4) is 0 Å². The first-order valence-electron chi connectivity index (χ1n) is 15.0. The highest BCUT2D eigenvalue weighted by atomic mass is 31.2. The third-order valence-corrected chi connectivity index (χ3v) is 17.0. The lowest BCUT2D eigenvalue weighted by molar-refractivity contribution is 0.0534. The van der Waals surface area contributed by atoms with Crippen LogP contribution in [0.4, 0.5) is 0 Å². The zero-order valence-corrected chi connectivity index (χ0v) is 26.0. The van der Waals surface area contributed by atoms with Crippen LogP contribution in [0.1, 0.15) is 11.1 Å². The van der Waals surface area contributed by atoms with Crippen LogP contribution < -0.4 is 0 Å². The van der Waals surface area contributed by atoms with E-state index in [1.807, 2.05) is 0 Å². The number of rotatable bonds is 4. The molecule has 3 saturated heterocycles. The third-order valence-electron chi connectivity index (χ3n) is 8.10. The Balaban J connectivity index is 1.48. The van der Waals surface area contributed by atoms with Crippen molar-refractivity contribution in [3.05, 3.63) is 71.8 Å². The van der Waals surface area contributed by atoms with Crippen LogP contribution in [0.5, 0.6) is 0 Å². The molecule has 0 radical (unpaired) electrons. The molecule has 3 heterocycles. The van der Waals surface area contributed by atoms with Crippen molar-refractivity contribution in [1.29, 1.82) is 0 Å². The molecule has 8 heteroatoms. The predicted octanol–water partition coefficient (Wildman–Crippen LogP) is 5.55. The van der Waals surface area contributed by atoms with Gasteiger partial charge in [-0.1, -0.05) is 60.7 Å². The Bertz CT molecular complexity index is 788. The number of hydrogen-bond acceptors (Lipinski definition) is 6. The van der Waals surface area contributed by atoms with Crippen LogP contribution in [0, 0.1) is 0 Å². The maximum atomic E-state index is 6.17. The van der Waals surface area contributed by atoms with E-state index in [1.54, 1.807) is 0 Å². The first-order valence-corrected chi connectivity index (χ1v) is 20.1. The van der Waals surface area contributed by atoms with Crippen molar-refractivity contribution in [2.75, 3.05) is 116 Å². The van der Waals surface area contributed by atoms with Gasteiger partial charge in [0, 0.05) is 14.5 Å². The van der Waals surface area contributed by atoms with Crippen LogP contribution in [-0.2, 0) is 40.7 Å². The van der Waals surface area contributed by atoms with Crippen molar-refractivity contribution in [2.45, 2.75) is 12.3 Å². The van der Waals surface area contributed by atoms with Crippen molar-refractivity contribution in [1.82, 2.24) is 0 Å². The summed E-state index contributed by atoms with van der Waals surface area (Å²) >= 11 is 0. The van der Waals surface area contributed by atoms with Crippen LogP contribution >= 0.6 is 14.5 Å². The molecule has 3 aliphatic rings. The molecule has 222 valence electrons. The van der Waals surface area contributed by atoms with Crippen LogP contribution in [0.15, 0.2) is 60.7 Å². The first kappa shape index (κ1) is 32.0. The van der Waals surface area contributed by atoms with Gasteiger partial charge in [-0.15, -0.1) is 0 Å². The van der Waals surface area contributed by atoms with Crippen LogP contribution in [0.25, 0.3) is 0 Å². The second-order valence-corrected chi connectivity index (χ2v) is 19.7. The molecule has 0 amide bonds. The van der Waals surface area contributed by atoms with Crippen LogP contribution in [-0.4, -0.2) is 116 Å². The second-order valence-electron chi connectivity index (χ2n) is 11.0. The van der Waals surface area contributed by atoms with E-state index in [4.69, 9.17) is 28.4 Å². The molecular formula is C32H50O6P2+2. The molecule has 6 nitrogen and oxygen atoms in total. The maximum Gasteiger partial charge on any atom is 0.0845 e. The summed E-state index contributed by atoms with van der Waals surface area (Å²) in [5, 5.41) is 0. The molecule has 2 aromatic rings. The van der Waals surface area contributed by atoms with Crippen molar-refractivity contribution < 1.29 is 28.4 Å². The molecule has 0 N–H and O–H groups in total. The van der Waals surface area contributed by atoms with Gasteiger partial charge in [0.15, 0.2) is 0 Å². The molecule has 3 fully saturated rings. The molecule has 3 aliphatic heterocycles. The summed E-state index contributed by atoms with van der Waals surface area (Å²) in [6, 6.07) is 21.8. The Labute approximate surface area is 243 Å². The van der Waals surface area contributed by atoms with Crippen molar-refractivity contribution in [3.63, 3.8) is 0 Å². The number of fused-ring (bicyclic) bond motifs is 21. The van der Waals surface area contributed by atoms with E-state index in [1.165, 1.54) is 11.1 Å². The fourth-order valence-electron chi connectivity index (χ4n) is 5.60. The van der Waals surface area contributed by atoms with E-state index in [9.17, 15) is 0 Å². The fourth-order valence-corrected chi connectivity index (χ4v) is 13.0. The quantitative estimate of drug-likeness (QED) is 0.434. The zero-order valence-electron chi connectivity index (χ0n) is 24.3. The Morgan fingerprint density at radius 3 is 0.850 bits per heavy atom. The molecule has 0 aliphatic carbocycles. The molecule has 0 atom stereocenters. The lowest BCUT2D eigenvalue weighted by atomic mass is 10.2. The molecular weight excluding hydrogens is 542 g/mol. The molecule has 2 aromatic carbocycles. The van der Waals surface area contributed by atoms with Gasteiger partial charge in [-0.2, -0.15) is 0 Å². The standard InChI is InChI=1S/C32H50O6P2/c1-3-7-31(8-4-1)29-39-23-17-33-11-14-36-20-26-40(30-32-9-5-2-6-10-32,27-21-37-15-12-34-18-24-39)28-22-38-16-13-35-19-25-39/h1-10H,11-30H2/q+2. The van der Waals surface area contributed by atoms with E-state index in [2.05, 4.69) is 60.7 Å². The van der Waals surface area contributed by atoms with E-state index >= 15 is 0 Å². The highest BCUT2D eigenvalue weighted by Crippen LogP contribution is 2.62. The Morgan fingerprint density at radius 2 is 0.600 bits per heavy atom. The van der Waals surface area contributed by atoms with Gasteiger partial charge in [-0.05, 0) is 11.1 Å². The van der Waals surface area contributed by atoms with E-state index in [0.29, 0.717) is 39.6 Å². The van der Waals surface area contributed by atoms with Gasteiger partial charge in [-0.3, -0.25) is 0 Å². The lowest BCUT2D eigenvalue weighted by Gasteiger charge is -2.29. The highest BCUT2D eigenvalue weighted by Gasteiger charge is 2.38. The monoisotopic (exact) mass is 592 g/mol. The summed E-state index contributed by atoms with van der Waals surface area (Å²) < 4.78 is 37.0. The summed E-state index contributed by atoms with van der Waals surface area (Å²) in [4.78, 5) is 0. The molecule has 40 heavy (non-hydrogen) atoms. The first-order chi connectivity index (χ1) is 19.8. The smallest absolute Gasteiger partial charge is 0.0845 e.